The highest BCUT2D eigenvalue weighted by Gasteiger charge is 2.16. The molecule has 0 spiro atoms. The van der Waals surface area contributed by atoms with Crippen LogP contribution < -0.4 is 4.74 Å². The molecule has 23 heavy (non-hydrogen) atoms. The molecule has 1 aromatic carbocycles. The highest BCUT2D eigenvalue weighted by Crippen LogP contribution is 2.21. The van der Waals surface area contributed by atoms with Gasteiger partial charge in [-0.25, -0.2) is 0 Å². The van der Waals surface area contributed by atoms with Gasteiger partial charge in [0.15, 0.2) is 0 Å². The molecule has 0 saturated carbocycles. The molecule has 0 unspecified atom stereocenters. The van der Waals surface area contributed by atoms with Crippen LogP contribution in [0.15, 0.2) is 29.2 Å². The maximum absolute atomic E-state index is 12.4. The third-order valence-corrected chi connectivity index (χ3v) is 3.76. The highest BCUT2D eigenvalue weighted by atomic mass is 32.2. The maximum Gasteiger partial charge on any atom is 0.266 e. The molecule has 0 fully saturated rings. The Balaban J connectivity index is 2.84. The number of unbranched alkanes of at least 4 members (excludes halogenated alkanes) is 1. The summed E-state index contributed by atoms with van der Waals surface area (Å²) in [4.78, 5) is 35.4. The number of ether oxygens (including phenoxy) is 1. The summed E-state index contributed by atoms with van der Waals surface area (Å²) in [6, 6.07) is 7.37. The molecular formula is C17H21NO4S. The van der Waals surface area contributed by atoms with E-state index in [2.05, 4.69) is 0 Å². The predicted octanol–water partition coefficient (Wildman–Crippen LogP) is 2.75. The van der Waals surface area contributed by atoms with Crippen molar-refractivity contribution in [2.45, 2.75) is 19.8 Å². The average molecular weight is 335 g/mol. The molecule has 0 N–H and O–H groups in total. The molecule has 0 aromatic heterocycles. The fourth-order valence-corrected chi connectivity index (χ4v) is 2.42. The topological polar surface area (TPSA) is 63.7 Å². The van der Waals surface area contributed by atoms with Crippen LogP contribution >= 0.6 is 11.8 Å². The van der Waals surface area contributed by atoms with Crippen LogP contribution in [-0.4, -0.2) is 42.9 Å². The minimum absolute atomic E-state index is 0.238. The lowest BCUT2D eigenvalue weighted by Crippen LogP contribution is -2.31. The number of nitrogens with zero attached hydrogens (tertiary/aromatic N) is 1. The number of rotatable bonds is 10. The van der Waals surface area contributed by atoms with Crippen molar-refractivity contribution in [1.82, 2.24) is 4.90 Å². The Bertz CT molecular complexity index is 554. The van der Waals surface area contributed by atoms with Gasteiger partial charge in [-0.3, -0.25) is 14.5 Å². The van der Waals surface area contributed by atoms with Gasteiger partial charge in [-0.05, 0) is 43.4 Å². The molecule has 6 heteroatoms. The molecular weight excluding hydrogens is 314 g/mol. The molecule has 0 heterocycles. The van der Waals surface area contributed by atoms with Gasteiger partial charge in [0, 0.05) is 13.0 Å². The Morgan fingerprint density at radius 1 is 1.26 bits per heavy atom. The van der Waals surface area contributed by atoms with Crippen LogP contribution in [0.2, 0.25) is 0 Å². The molecule has 0 aliphatic rings. The van der Waals surface area contributed by atoms with Gasteiger partial charge in [-0.15, -0.1) is 11.8 Å². The van der Waals surface area contributed by atoms with Gasteiger partial charge in [0.2, 0.25) is 6.41 Å². The van der Waals surface area contributed by atoms with Gasteiger partial charge < -0.3 is 9.53 Å². The van der Waals surface area contributed by atoms with E-state index in [1.807, 2.05) is 31.2 Å². The van der Waals surface area contributed by atoms with Crippen molar-refractivity contribution in [2.75, 3.05) is 19.4 Å². The average Bonchev–Trinajstić information content (AvgIpc) is 2.58. The third-order valence-electron chi connectivity index (χ3n) is 3.03. The molecule has 2 amide bonds. The van der Waals surface area contributed by atoms with E-state index in [1.165, 1.54) is 11.8 Å². The Labute approximate surface area is 140 Å². The van der Waals surface area contributed by atoms with Gasteiger partial charge in [-0.1, -0.05) is 12.1 Å². The first-order chi connectivity index (χ1) is 11.2. The van der Waals surface area contributed by atoms with Gasteiger partial charge in [-0.2, -0.15) is 0 Å². The Morgan fingerprint density at radius 3 is 2.48 bits per heavy atom. The van der Waals surface area contributed by atoms with Crippen LogP contribution in [0.1, 0.15) is 25.3 Å². The summed E-state index contributed by atoms with van der Waals surface area (Å²) in [7, 11) is 0. The fraction of sp³-hybridized carbons (Fsp3) is 0.353. The summed E-state index contributed by atoms with van der Waals surface area (Å²) in [5.41, 5.74) is 0.852. The number of carbonyl (C=O) groups is 3. The van der Waals surface area contributed by atoms with Crippen LogP contribution in [0.3, 0.4) is 0 Å². The normalized spacial score (nSPS) is 11.0. The SMILES string of the molecule is CCOc1ccc(/C=C(\SC)C(=O)N(C=O)CCCC=O)cc1. The minimum atomic E-state index is -0.354. The zero-order valence-electron chi connectivity index (χ0n) is 13.4. The molecule has 0 aliphatic heterocycles. The summed E-state index contributed by atoms with van der Waals surface area (Å²) >= 11 is 1.28. The summed E-state index contributed by atoms with van der Waals surface area (Å²) in [5, 5.41) is 0. The van der Waals surface area contributed by atoms with E-state index < -0.39 is 0 Å². The number of benzene rings is 1. The van der Waals surface area contributed by atoms with Crippen LogP contribution in [0.4, 0.5) is 0 Å². The Kier molecular flexibility index (Phi) is 8.75. The lowest BCUT2D eigenvalue weighted by Gasteiger charge is -2.16. The van der Waals surface area contributed by atoms with Gasteiger partial charge in [0.25, 0.3) is 5.91 Å². The Morgan fingerprint density at radius 2 is 1.96 bits per heavy atom. The second kappa shape index (κ2) is 10.6. The lowest BCUT2D eigenvalue weighted by atomic mass is 10.2. The number of aldehydes is 1. The van der Waals surface area contributed by atoms with Crippen molar-refractivity contribution >= 4 is 36.4 Å². The summed E-state index contributed by atoms with van der Waals surface area (Å²) < 4.78 is 5.37. The second-order valence-electron chi connectivity index (χ2n) is 4.63. The van der Waals surface area contributed by atoms with Crippen molar-refractivity contribution < 1.29 is 19.1 Å². The summed E-state index contributed by atoms with van der Waals surface area (Å²) in [6.07, 6.45) is 5.60. The number of hydrogen-bond acceptors (Lipinski definition) is 5. The van der Waals surface area contributed by atoms with Gasteiger partial charge >= 0.3 is 0 Å². The third kappa shape index (κ3) is 6.28. The Hall–Kier alpha value is -2.08. The van der Waals surface area contributed by atoms with E-state index in [0.717, 1.165) is 22.5 Å². The first-order valence-electron chi connectivity index (χ1n) is 7.34. The van der Waals surface area contributed by atoms with Gasteiger partial charge in [0.1, 0.15) is 12.0 Å². The fourth-order valence-electron chi connectivity index (χ4n) is 1.87. The highest BCUT2D eigenvalue weighted by molar-refractivity contribution is 8.03. The standard InChI is InChI=1S/C17H21NO4S/c1-3-22-15-8-6-14(7-9-15)12-16(23-2)17(21)18(13-20)10-4-5-11-19/h6-9,11-13H,3-5,10H2,1-2H3/b16-12-. The van der Waals surface area contributed by atoms with E-state index >= 15 is 0 Å². The number of hydrogen-bond donors (Lipinski definition) is 0. The first-order valence-corrected chi connectivity index (χ1v) is 8.57. The van der Waals surface area contributed by atoms with Crippen molar-refractivity contribution in [3.05, 3.63) is 34.7 Å². The van der Waals surface area contributed by atoms with Crippen molar-refractivity contribution in [2.24, 2.45) is 0 Å². The van der Waals surface area contributed by atoms with E-state index in [1.54, 1.807) is 12.3 Å². The molecule has 1 aromatic rings. The number of thioether (sulfide) groups is 1. The molecule has 0 saturated heterocycles. The largest absolute Gasteiger partial charge is 0.494 e. The first kappa shape index (κ1) is 19.0. The molecule has 1 rings (SSSR count). The second-order valence-corrected chi connectivity index (χ2v) is 5.48. The monoisotopic (exact) mass is 335 g/mol. The van der Waals surface area contributed by atoms with E-state index in [4.69, 9.17) is 4.74 Å². The molecule has 0 aliphatic carbocycles. The summed E-state index contributed by atoms with van der Waals surface area (Å²) in [6.45, 7) is 2.75. The molecule has 0 bridgehead atoms. The van der Waals surface area contributed by atoms with E-state index in [0.29, 0.717) is 30.8 Å². The van der Waals surface area contributed by atoms with Crippen LogP contribution in [-0.2, 0) is 14.4 Å². The summed E-state index contributed by atoms with van der Waals surface area (Å²) in [5.74, 6) is 0.414. The smallest absolute Gasteiger partial charge is 0.266 e. The van der Waals surface area contributed by atoms with Crippen LogP contribution in [0.5, 0.6) is 5.75 Å². The van der Waals surface area contributed by atoms with Crippen molar-refractivity contribution in [3.63, 3.8) is 0 Å². The van der Waals surface area contributed by atoms with Crippen molar-refractivity contribution in [1.29, 1.82) is 0 Å². The van der Waals surface area contributed by atoms with Crippen LogP contribution in [0.25, 0.3) is 6.08 Å². The zero-order valence-corrected chi connectivity index (χ0v) is 14.2. The van der Waals surface area contributed by atoms with E-state index in [-0.39, 0.29) is 12.5 Å². The lowest BCUT2D eigenvalue weighted by molar-refractivity contribution is -0.134. The zero-order chi connectivity index (χ0) is 17.1. The van der Waals surface area contributed by atoms with Crippen molar-refractivity contribution in [3.8, 4) is 5.75 Å². The molecule has 0 radical (unpaired) electrons. The molecule has 0 atom stereocenters. The minimum Gasteiger partial charge on any atom is -0.494 e. The number of carbonyl (C=O) groups excluding carboxylic acids is 3. The van der Waals surface area contributed by atoms with E-state index in [9.17, 15) is 14.4 Å². The molecule has 124 valence electrons. The van der Waals surface area contributed by atoms with Gasteiger partial charge in [0.05, 0.1) is 11.5 Å². The predicted molar refractivity (Wildman–Crippen MR) is 92.2 cm³/mol. The van der Waals surface area contributed by atoms with Crippen LogP contribution in [0, 0.1) is 0 Å². The maximum atomic E-state index is 12.4. The number of imide groups is 1. The molecule has 5 nitrogen and oxygen atoms in total. The number of amides is 2. The quantitative estimate of drug-likeness (QED) is 0.374.